The predicted octanol–water partition coefficient (Wildman–Crippen LogP) is 1.13. The summed E-state index contributed by atoms with van der Waals surface area (Å²) in [5.74, 6) is 0.802. The number of carboxylic acids is 1. The molecule has 0 amide bonds. The number of thioether (sulfide) groups is 1. The maximum Gasteiger partial charge on any atom is 0.358 e. The minimum Gasteiger partial charge on any atom is -0.476 e. The van der Waals surface area contributed by atoms with Gasteiger partial charge >= 0.3 is 5.97 Å². The summed E-state index contributed by atoms with van der Waals surface area (Å²) >= 11 is 1.77. The molecule has 2 heterocycles. The van der Waals surface area contributed by atoms with Gasteiger partial charge in [-0.05, 0) is 5.75 Å². The fourth-order valence-corrected chi connectivity index (χ4v) is 2.34. The molecule has 0 saturated heterocycles. The number of hydrogen-bond acceptors (Lipinski definition) is 5. The minimum atomic E-state index is -1.08. The largest absolute Gasteiger partial charge is 0.476 e. The summed E-state index contributed by atoms with van der Waals surface area (Å²) in [5, 5.41) is 16.9. The SMILES string of the molecule is CCSCCn1nnc(C(=O)O)c1-c1cncn1C. The number of hydrogen-bond donors (Lipinski definition) is 1. The van der Waals surface area contributed by atoms with Gasteiger partial charge in [0.25, 0.3) is 0 Å². The van der Waals surface area contributed by atoms with Crippen LogP contribution in [0.15, 0.2) is 12.5 Å². The molecule has 0 aliphatic carbocycles. The van der Waals surface area contributed by atoms with Gasteiger partial charge in [-0.1, -0.05) is 12.1 Å². The summed E-state index contributed by atoms with van der Waals surface area (Å²) in [6, 6.07) is 0. The fraction of sp³-hybridized carbons (Fsp3) is 0.455. The summed E-state index contributed by atoms with van der Waals surface area (Å²) in [7, 11) is 1.81. The highest BCUT2D eigenvalue weighted by Crippen LogP contribution is 2.21. The van der Waals surface area contributed by atoms with Crippen LogP contribution in [0.25, 0.3) is 11.4 Å². The van der Waals surface area contributed by atoms with E-state index in [2.05, 4.69) is 22.2 Å². The van der Waals surface area contributed by atoms with Gasteiger partial charge in [-0.25, -0.2) is 14.5 Å². The first kappa shape index (κ1) is 13.6. The van der Waals surface area contributed by atoms with Crippen molar-refractivity contribution in [3.05, 3.63) is 18.2 Å². The zero-order chi connectivity index (χ0) is 13.8. The molecule has 8 heteroatoms. The number of aromatic nitrogens is 5. The number of aromatic carboxylic acids is 1. The number of aryl methyl sites for hydroxylation is 2. The summed E-state index contributed by atoms with van der Waals surface area (Å²) in [5.41, 5.74) is 1.17. The number of imidazole rings is 1. The molecule has 2 rings (SSSR count). The second kappa shape index (κ2) is 5.87. The average Bonchev–Trinajstić information content (AvgIpc) is 2.95. The van der Waals surface area contributed by atoms with Crippen LogP contribution in [-0.2, 0) is 13.6 Å². The third-order valence-corrected chi connectivity index (χ3v) is 3.53. The van der Waals surface area contributed by atoms with Crippen molar-refractivity contribution >= 4 is 17.7 Å². The van der Waals surface area contributed by atoms with Gasteiger partial charge in [0.05, 0.1) is 24.8 Å². The Hall–Kier alpha value is -1.83. The van der Waals surface area contributed by atoms with Crippen LogP contribution in [0.4, 0.5) is 0 Å². The smallest absolute Gasteiger partial charge is 0.358 e. The van der Waals surface area contributed by atoms with E-state index < -0.39 is 5.97 Å². The Morgan fingerprint density at radius 3 is 2.89 bits per heavy atom. The molecule has 0 atom stereocenters. The van der Waals surface area contributed by atoms with E-state index in [1.807, 2.05) is 7.05 Å². The van der Waals surface area contributed by atoms with Gasteiger partial charge in [0.15, 0.2) is 5.69 Å². The molecule has 0 radical (unpaired) electrons. The third-order valence-electron chi connectivity index (χ3n) is 2.65. The number of carboxylic acid groups (broad SMARTS) is 1. The summed E-state index contributed by atoms with van der Waals surface area (Å²) in [6.07, 6.45) is 3.24. The molecular formula is C11H15N5O2S. The van der Waals surface area contributed by atoms with Crippen LogP contribution >= 0.6 is 11.8 Å². The van der Waals surface area contributed by atoms with Crippen LogP contribution in [0, 0.1) is 0 Å². The van der Waals surface area contributed by atoms with Crippen LogP contribution in [-0.4, -0.2) is 47.1 Å². The van der Waals surface area contributed by atoms with Crippen LogP contribution in [0.3, 0.4) is 0 Å². The Labute approximate surface area is 114 Å². The molecule has 0 aliphatic rings. The highest BCUT2D eigenvalue weighted by molar-refractivity contribution is 7.99. The van der Waals surface area contributed by atoms with Crippen molar-refractivity contribution in [1.82, 2.24) is 24.5 Å². The van der Waals surface area contributed by atoms with E-state index in [-0.39, 0.29) is 5.69 Å². The summed E-state index contributed by atoms with van der Waals surface area (Å²) in [6.45, 7) is 2.70. The number of carbonyl (C=O) groups is 1. The standard InChI is InChI=1S/C11H15N5O2S/c1-3-19-5-4-16-10(8-6-12-7-15(8)2)9(11(17)18)13-14-16/h6-7H,3-5H2,1-2H3,(H,17,18). The summed E-state index contributed by atoms with van der Waals surface area (Å²) < 4.78 is 3.39. The van der Waals surface area contributed by atoms with Gasteiger partial charge in [-0.15, -0.1) is 5.10 Å². The van der Waals surface area contributed by atoms with Crippen molar-refractivity contribution in [2.45, 2.75) is 13.5 Å². The van der Waals surface area contributed by atoms with E-state index in [9.17, 15) is 9.90 Å². The second-order valence-electron chi connectivity index (χ2n) is 3.90. The Bertz CT molecular complexity index is 577. The molecule has 2 aromatic rings. The lowest BCUT2D eigenvalue weighted by molar-refractivity contribution is 0.0691. The molecule has 0 saturated carbocycles. The highest BCUT2D eigenvalue weighted by atomic mass is 32.2. The molecule has 0 aliphatic heterocycles. The van der Waals surface area contributed by atoms with Crippen LogP contribution in [0.1, 0.15) is 17.4 Å². The third kappa shape index (κ3) is 2.78. The van der Waals surface area contributed by atoms with Crippen molar-refractivity contribution < 1.29 is 9.90 Å². The van der Waals surface area contributed by atoms with E-state index in [0.29, 0.717) is 17.9 Å². The van der Waals surface area contributed by atoms with Crippen LogP contribution < -0.4 is 0 Å². The lowest BCUT2D eigenvalue weighted by Crippen LogP contribution is -2.08. The fourth-order valence-electron chi connectivity index (χ4n) is 1.75. The van der Waals surface area contributed by atoms with Crippen LogP contribution in [0.2, 0.25) is 0 Å². The van der Waals surface area contributed by atoms with Crippen molar-refractivity contribution in [2.75, 3.05) is 11.5 Å². The molecular weight excluding hydrogens is 266 g/mol. The van der Waals surface area contributed by atoms with Gasteiger partial charge in [-0.3, -0.25) is 0 Å². The van der Waals surface area contributed by atoms with Crippen molar-refractivity contribution in [1.29, 1.82) is 0 Å². The molecule has 2 aromatic heterocycles. The van der Waals surface area contributed by atoms with Gasteiger partial charge in [0.2, 0.25) is 0 Å². The van der Waals surface area contributed by atoms with Crippen molar-refractivity contribution in [3.8, 4) is 11.4 Å². The predicted molar refractivity (Wildman–Crippen MR) is 72.2 cm³/mol. The van der Waals surface area contributed by atoms with E-state index in [1.165, 1.54) is 0 Å². The molecule has 1 N–H and O–H groups in total. The Morgan fingerprint density at radius 2 is 2.32 bits per heavy atom. The van der Waals surface area contributed by atoms with Gasteiger partial charge in [0, 0.05) is 12.8 Å². The normalized spacial score (nSPS) is 10.8. The Morgan fingerprint density at radius 1 is 1.53 bits per heavy atom. The highest BCUT2D eigenvalue weighted by Gasteiger charge is 2.22. The van der Waals surface area contributed by atoms with Gasteiger partial charge in [-0.2, -0.15) is 11.8 Å². The van der Waals surface area contributed by atoms with E-state index in [1.54, 1.807) is 33.5 Å². The molecule has 7 nitrogen and oxygen atoms in total. The van der Waals surface area contributed by atoms with Gasteiger partial charge < -0.3 is 9.67 Å². The first-order valence-electron chi connectivity index (χ1n) is 5.86. The summed E-state index contributed by atoms with van der Waals surface area (Å²) in [4.78, 5) is 15.2. The lowest BCUT2D eigenvalue weighted by atomic mass is 10.2. The monoisotopic (exact) mass is 281 g/mol. The maximum absolute atomic E-state index is 11.2. The lowest BCUT2D eigenvalue weighted by Gasteiger charge is -2.07. The Kier molecular flexibility index (Phi) is 4.20. The second-order valence-corrected chi connectivity index (χ2v) is 5.30. The molecule has 0 aromatic carbocycles. The molecule has 0 spiro atoms. The van der Waals surface area contributed by atoms with Crippen LogP contribution in [0.5, 0.6) is 0 Å². The average molecular weight is 281 g/mol. The quantitative estimate of drug-likeness (QED) is 0.799. The van der Waals surface area contributed by atoms with E-state index in [4.69, 9.17) is 0 Å². The Balaban J connectivity index is 2.40. The minimum absolute atomic E-state index is 0.0369. The number of nitrogens with zero attached hydrogens (tertiary/aromatic N) is 5. The molecule has 0 bridgehead atoms. The number of rotatable bonds is 6. The molecule has 0 unspecified atom stereocenters. The van der Waals surface area contributed by atoms with Crippen molar-refractivity contribution in [2.24, 2.45) is 7.05 Å². The van der Waals surface area contributed by atoms with E-state index in [0.717, 1.165) is 11.5 Å². The zero-order valence-electron chi connectivity index (χ0n) is 10.8. The topological polar surface area (TPSA) is 85.8 Å². The molecule has 0 fully saturated rings. The molecule has 19 heavy (non-hydrogen) atoms. The first-order chi connectivity index (χ1) is 9.15. The maximum atomic E-state index is 11.2. The first-order valence-corrected chi connectivity index (χ1v) is 7.01. The zero-order valence-corrected chi connectivity index (χ0v) is 11.6. The van der Waals surface area contributed by atoms with Gasteiger partial charge in [0.1, 0.15) is 5.69 Å². The molecule has 102 valence electrons. The van der Waals surface area contributed by atoms with E-state index >= 15 is 0 Å². The van der Waals surface area contributed by atoms with Crippen molar-refractivity contribution in [3.63, 3.8) is 0 Å².